The van der Waals surface area contributed by atoms with Crippen molar-refractivity contribution in [1.29, 1.82) is 0 Å². The summed E-state index contributed by atoms with van der Waals surface area (Å²) in [5, 5.41) is 10.3. The molecule has 0 spiro atoms. The van der Waals surface area contributed by atoms with Crippen molar-refractivity contribution >= 4 is 0 Å². The van der Waals surface area contributed by atoms with E-state index in [-0.39, 0.29) is 0 Å². The molecule has 3 heteroatoms. The second-order valence-electron chi connectivity index (χ2n) is 6.55. The van der Waals surface area contributed by atoms with Crippen molar-refractivity contribution in [3.05, 3.63) is 24.3 Å². The third kappa shape index (κ3) is 3.08. The first-order chi connectivity index (χ1) is 8.48. The molecule has 3 nitrogen and oxygen atoms in total. The maximum atomic E-state index is 10.3. The van der Waals surface area contributed by atoms with E-state index in [4.69, 9.17) is 0 Å². The number of hydrogen-bond acceptors (Lipinski definition) is 3. The molecule has 1 saturated carbocycles. The molecule has 1 aliphatic rings. The van der Waals surface area contributed by atoms with Crippen LogP contribution in [-0.2, 0) is 0 Å². The first-order valence-electron chi connectivity index (χ1n) is 6.92. The fourth-order valence-electron chi connectivity index (χ4n) is 3.01. The predicted molar refractivity (Wildman–Crippen MR) is 71.9 cm³/mol. The molecule has 0 aliphatic heterocycles. The molecule has 1 atom stereocenters. The molecule has 0 radical (unpaired) electrons. The summed E-state index contributed by atoms with van der Waals surface area (Å²) in [6, 6.07) is 0. The van der Waals surface area contributed by atoms with Gasteiger partial charge in [0, 0.05) is 12.4 Å². The largest absolute Gasteiger partial charge is 0.386 e. The molecular weight excluding hydrogens is 224 g/mol. The van der Waals surface area contributed by atoms with Crippen LogP contribution in [0.1, 0.15) is 58.3 Å². The lowest BCUT2D eigenvalue weighted by atomic mass is 9.68. The van der Waals surface area contributed by atoms with Crippen molar-refractivity contribution in [2.45, 2.75) is 52.6 Å². The van der Waals surface area contributed by atoms with E-state index in [2.05, 4.69) is 30.7 Å². The van der Waals surface area contributed by atoms with E-state index >= 15 is 0 Å². The van der Waals surface area contributed by atoms with Gasteiger partial charge in [0.1, 0.15) is 6.10 Å². The quantitative estimate of drug-likeness (QED) is 0.873. The molecule has 1 fully saturated rings. The second kappa shape index (κ2) is 5.35. The number of nitrogens with zero attached hydrogens (tertiary/aromatic N) is 2. The molecule has 0 saturated heterocycles. The summed E-state index contributed by atoms with van der Waals surface area (Å²) < 4.78 is 0. The molecule has 1 unspecified atom stereocenters. The van der Waals surface area contributed by atoms with Gasteiger partial charge in [0.25, 0.3) is 0 Å². The van der Waals surface area contributed by atoms with Crippen LogP contribution in [0.2, 0.25) is 0 Å². The lowest BCUT2D eigenvalue weighted by Gasteiger charge is -2.38. The zero-order valence-corrected chi connectivity index (χ0v) is 11.6. The predicted octanol–water partition coefficient (Wildman–Crippen LogP) is 3.36. The monoisotopic (exact) mass is 248 g/mol. The van der Waals surface area contributed by atoms with Crippen molar-refractivity contribution < 1.29 is 5.11 Å². The van der Waals surface area contributed by atoms with E-state index in [1.807, 2.05) is 0 Å². The minimum atomic E-state index is -0.445. The van der Waals surface area contributed by atoms with Crippen LogP contribution < -0.4 is 0 Å². The summed E-state index contributed by atoms with van der Waals surface area (Å²) in [6.45, 7) is 6.95. The number of aliphatic hydroxyl groups excluding tert-OH is 1. The van der Waals surface area contributed by atoms with E-state index in [1.54, 1.807) is 18.6 Å². The van der Waals surface area contributed by atoms with Crippen LogP contribution in [0.25, 0.3) is 0 Å². The highest BCUT2D eigenvalue weighted by Gasteiger charge is 2.33. The second-order valence-corrected chi connectivity index (χ2v) is 6.55. The average Bonchev–Trinajstić information content (AvgIpc) is 2.38. The van der Waals surface area contributed by atoms with E-state index < -0.39 is 6.10 Å². The fourth-order valence-corrected chi connectivity index (χ4v) is 3.01. The highest BCUT2D eigenvalue weighted by atomic mass is 16.3. The van der Waals surface area contributed by atoms with Crippen molar-refractivity contribution in [3.8, 4) is 0 Å². The van der Waals surface area contributed by atoms with Gasteiger partial charge in [-0.05, 0) is 42.9 Å². The summed E-state index contributed by atoms with van der Waals surface area (Å²) in [5.74, 6) is 1.13. The average molecular weight is 248 g/mol. The maximum absolute atomic E-state index is 10.3. The minimum absolute atomic E-state index is 0.348. The van der Waals surface area contributed by atoms with Gasteiger partial charge in [-0.25, -0.2) is 0 Å². The molecule has 0 amide bonds. The zero-order chi connectivity index (χ0) is 13.2. The molecule has 1 aliphatic carbocycles. The summed E-state index contributed by atoms with van der Waals surface area (Å²) in [7, 11) is 0. The van der Waals surface area contributed by atoms with Gasteiger partial charge in [0.2, 0.25) is 0 Å². The van der Waals surface area contributed by atoms with Crippen LogP contribution in [0.15, 0.2) is 18.6 Å². The van der Waals surface area contributed by atoms with Gasteiger partial charge in [0.05, 0.1) is 11.9 Å². The van der Waals surface area contributed by atoms with E-state index in [9.17, 15) is 5.11 Å². The first kappa shape index (κ1) is 13.5. The molecule has 100 valence electrons. The zero-order valence-electron chi connectivity index (χ0n) is 11.6. The van der Waals surface area contributed by atoms with Gasteiger partial charge >= 0.3 is 0 Å². The summed E-state index contributed by atoms with van der Waals surface area (Å²) in [5.41, 5.74) is 1.11. The molecule has 1 aromatic rings. The molecule has 1 aromatic heterocycles. The Morgan fingerprint density at radius 1 is 1.17 bits per heavy atom. The van der Waals surface area contributed by atoms with Crippen LogP contribution in [0.5, 0.6) is 0 Å². The number of hydrogen-bond donors (Lipinski definition) is 1. The SMILES string of the molecule is CC(C)(C)C1CCC(C(O)c2cnccn2)CC1. The highest BCUT2D eigenvalue weighted by Crippen LogP contribution is 2.42. The molecule has 18 heavy (non-hydrogen) atoms. The maximum Gasteiger partial charge on any atom is 0.100 e. The fraction of sp³-hybridized carbons (Fsp3) is 0.733. The van der Waals surface area contributed by atoms with Gasteiger partial charge < -0.3 is 5.11 Å². The number of aliphatic hydroxyl groups is 1. The van der Waals surface area contributed by atoms with Crippen molar-refractivity contribution in [3.63, 3.8) is 0 Å². The Balaban J connectivity index is 1.94. The lowest BCUT2D eigenvalue weighted by Crippen LogP contribution is -2.28. The Hall–Kier alpha value is -0.960. The molecule has 0 aromatic carbocycles. The van der Waals surface area contributed by atoms with Gasteiger partial charge in [-0.2, -0.15) is 0 Å². The molecule has 1 N–H and O–H groups in total. The van der Waals surface area contributed by atoms with E-state index in [1.165, 1.54) is 12.8 Å². The molecular formula is C15H24N2O. The van der Waals surface area contributed by atoms with Gasteiger partial charge in [-0.3, -0.25) is 9.97 Å². The van der Waals surface area contributed by atoms with Crippen LogP contribution >= 0.6 is 0 Å². The van der Waals surface area contributed by atoms with Crippen molar-refractivity contribution in [1.82, 2.24) is 9.97 Å². The van der Waals surface area contributed by atoms with Gasteiger partial charge in [-0.1, -0.05) is 20.8 Å². The van der Waals surface area contributed by atoms with Crippen LogP contribution in [-0.4, -0.2) is 15.1 Å². The molecule has 0 bridgehead atoms. The third-order valence-corrected chi connectivity index (χ3v) is 4.33. The highest BCUT2D eigenvalue weighted by molar-refractivity contribution is 5.01. The normalized spacial score (nSPS) is 26.9. The van der Waals surface area contributed by atoms with Gasteiger partial charge in [-0.15, -0.1) is 0 Å². The Morgan fingerprint density at radius 2 is 1.83 bits per heavy atom. The number of aromatic nitrogens is 2. The van der Waals surface area contributed by atoms with E-state index in [0.29, 0.717) is 11.3 Å². The van der Waals surface area contributed by atoms with Crippen molar-refractivity contribution in [2.75, 3.05) is 0 Å². The summed E-state index contributed by atoms with van der Waals surface area (Å²) in [6.07, 6.45) is 9.16. The Kier molecular flexibility index (Phi) is 4.00. The Bertz CT molecular complexity index is 364. The number of rotatable bonds is 2. The summed E-state index contributed by atoms with van der Waals surface area (Å²) in [4.78, 5) is 8.24. The third-order valence-electron chi connectivity index (χ3n) is 4.33. The molecule has 2 rings (SSSR count). The standard InChI is InChI=1S/C15H24N2O/c1-15(2,3)12-6-4-11(5-7-12)14(18)13-10-16-8-9-17-13/h8-12,14,18H,4-7H2,1-3H3. The smallest absolute Gasteiger partial charge is 0.100 e. The van der Waals surface area contributed by atoms with Crippen LogP contribution in [0, 0.1) is 17.3 Å². The Morgan fingerprint density at radius 3 is 2.33 bits per heavy atom. The van der Waals surface area contributed by atoms with E-state index in [0.717, 1.165) is 24.5 Å². The van der Waals surface area contributed by atoms with Crippen molar-refractivity contribution in [2.24, 2.45) is 17.3 Å². The lowest BCUT2D eigenvalue weighted by molar-refractivity contribution is 0.0500. The van der Waals surface area contributed by atoms with Crippen LogP contribution in [0.3, 0.4) is 0 Å². The Labute approximate surface area is 110 Å². The topological polar surface area (TPSA) is 46.0 Å². The summed E-state index contributed by atoms with van der Waals surface area (Å²) >= 11 is 0. The first-order valence-corrected chi connectivity index (χ1v) is 6.92. The minimum Gasteiger partial charge on any atom is -0.386 e. The van der Waals surface area contributed by atoms with Gasteiger partial charge in [0.15, 0.2) is 0 Å². The van der Waals surface area contributed by atoms with Crippen LogP contribution in [0.4, 0.5) is 0 Å². The molecule has 1 heterocycles.